The van der Waals surface area contributed by atoms with Crippen LogP contribution in [-0.2, 0) is 4.74 Å². The van der Waals surface area contributed by atoms with Gasteiger partial charge in [-0.1, -0.05) is 12.8 Å². The van der Waals surface area contributed by atoms with Gasteiger partial charge in [0.05, 0.1) is 0 Å². The van der Waals surface area contributed by atoms with E-state index in [1.165, 1.54) is 31.2 Å². The molecule has 0 radical (unpaired) electrons. The Morgan fingerprint density at radius 3 is 2.61 bits per heavy atom. The first kappa shape index (κ1) is 18.8. The van der Waals surface area contributed by atoms with Crippen molar-refractivity contribution in [2.24, 2.45) is 11.8 Å². The number of furan rings is 1. The van der Waals surface area contributed by atoms with E-state index in [0.29, 0.717) is 17.2 Å². The molecule has 2 aromatic heterocycles. The first-order valence-corrected chi connectivity index (χ1v) is 9.23. The normalized spacial score (nSPS) is 24.3. The molecule has 0 saturated heterocycles. The molecule has 0 spiro atoms. The Hall–Kier alpha value is -2.58. The fourth-order valence-corrected chi connectivity index (χ4v) is 4.17. The minimum Gasteiger partial charge on any atom is -0.450 e. The Morgan fingerprint density at radius 2 is 1.96 bits per heavy atom. The third-order valence-corrected chi connectivity index (χ3v) is 5.57. The summed E-state index contributed by atoms with van der Waals surface area (Å²) in [6, 6.07) is 2.76. The number of rotatable bonds is 4. The predicted octanol–water partition coefficient (Wildman–Crippen LogP) is 3.86. The molecule has 9 heteroatoms. The number of pyridine rings is 1. The van der Waals surface area contributed by atoms with Crippen LogP contribution in [0.1, 0.15) is 53.1 Å². The lowest BCUT2D eigenvalue weighted by molar-refractivity contribution is -0.161. The molecular weight excluding hydrogens is 377 g/mol. The quantitative estimate of drug-likeness (QED) is 0.794. The van der Waals surface area contributed by atoms with Gasteiger partial charge >= 0.3 is 12.1 Å². The van der Waals surface area contributed by atoms with Crippen molar-refractivity contribution in [1.82, 2.24) is 10.3 Å². The molecule has 28 heavy (non-hydrogen) atoms. The second-order valence-electron chi connectivity index (χ2n) is 7.51. The molecule has 150 valence electrons. The predicted molar refractivity (Wildman–Crippen MR) is 91.7 cm³/mol. The average Bonchev–Trinajstić information content (AvgIpc) is 3.10. The monoisotopic (exact) mass is 396 g/mol. The number of nitrogens with zero attached hydrogens (tertiary/aromatic N) is 1. The first-order valence-electron chi connectivity index (χ1n) is 9.23. The number of esters is 1. The van der Waals surface area contributed by atoms with Crippen molar-refractivity contribution in [1.29, 1.82) is 0 Å². The van der Waals surface area contributed by atoms with E-state index in [-0.39, 0.29) is 29.0 Å². The lowest BCUT2D eigenvalue weighted by atomic mass is 9.68. The van der Waals surface area contributed by atoms with Crippen molar-refractivity contribution >= 4 is 22.8 Å². The number of halogens is 3. The van der Waals surface area contributed by atoms with Gasteiger partial charge < -0.3 is 14.5 Å². The van der Waals surface area contributed by atoms with Gasteiger partial charge in [-0.05, 0) is 31.1 Å². The van der Waals surface area contributed by atoms with Crippen LogP contribution in [-0.4, -0.2) is 35.7 Å². The van der Waals surface area contributed by atoms with Gasteiger partial charge in [0.25, 0.3) is 5.91 Å². The summed E-state index contributed by atoms with van der Waals surface area (Å²) in [5.74, 6) is -0.754. The maximum absolute atomic E-state index is 12.6. The number of fused-ring (bicyclic) bond motifs is 4. The molecule has 1 atom stereocenters. The van der Waals surface area contributed by atoms with Crippen LogP contribution in [0.15, 0.2) is 22.7 Å². The molecule has 3 fully saturated rings. The lowest BCUT2D eigenvalue weighted by Crippen LogP contribution is -2.47. The van der Waals surface area contributed by atoms with Crippen molar-refractivity contribution in [2.75, 3.05) is 6.61 Å². The Balaban J connectivity index is 1.45. The van der Waals surface area contributed by atoms with Crippen LogP contribution in [0.25, 0.3) is 11.0 Å². The summed E-state index contributed by atoms with van der Waals surface area (Å²) in [4.78, 5) is 28.3. The highest BCUT2D eigenvalue weighted by Gasteiger charge is 2.36. The summed E-state index contributed by atoms with van der Waals surface area (Å²) in [7, 11) is 0. The molecule has 0 aliphatic heterocycles. The van der Waals surface area contributed by atoms with Crippen molar-refractivity contribution < 1.29 is 31.9 Å². The Labute approximate surface area is 158 Å². The molecular formula is C19H19F3N2O4. The molecule has 2 heterocycles. The smallest absolute Gasteiger partial charge is 0.422 e. The molecule has 3 saturated carbocycles. The molecule has 2 bridgehead atoms. The Kier molecular flexibility index (Phi) is 4.76. The van der Waals surface area contributed by atoms with Crippen LogP contribution in [0.2, 0.25) is 0 Å². The van der Waals surface area contributed by atoms with Crippen LogP contribution in [0.5, 0.6) is 0 Å². The van der Waals surface area contributed by atoms with E-state index >= 15 is 0 Å². The van der Waals surface area contributed by atoms with Crippen molar-refractivity contribution in [2.45, 2.75) is 44.3 Å². The molecule has 1 unspecified atom stereocenters. The largest absolute Gasteiger partial charge is 0.450 e. The SMILES string of the molecule is O=C(NC1CC2CCC1CC2)c1cc2oc(C(=O)OCC(F)(F)F)cc2cn1. The highest BCUT2D eigenvalue weighted by atomic mass is 19.4. The third-order valence-electron chi connectivity index (χ3n) is 5.57. The van der Waals surface area contributed by atoms with Crippen LogP contribution < -0.4 is 5.32 Å². The van der Waals surface area contributed by atoms with E-state index in [2.05, 4.69) is 15.0 Å². The van der Waals surface area contributed by atoms with Gasteiger partial charge in [-0.15, -0.1) is 0 Å². The standard InChI is InChI=1S/C19H19F3N2O4/c20-19(21,22)9-27-18(26)16-6-12-8-23-14(7-15(12)28-16)17(25)24-13-5-10-1-3-11(13)4-2-10/h6-8,10-11,13H,1-5,9H2,(H,24,25). The van der Waals surface area contributed by atoms with Gasteiger partial charge in [0, 0.05) is 29.8 Å². The molecule has 3 aliphatic carbocycles. The van der Waals surface area contributed by atoms with Gasteiger partial charge in [0.1, 0.15) is 11.3 Å². The first-order chi connectivity index (χ1) is 13.3. The molecule has 1 N–H and O–H groups in total. The number of hydrogen-bond acceptors (Lipinski definition) is 5. The van der Waals surface area contributed by atoms with E-state index in [1.54, 1.807) is 0 Å². The summed E-state index contributed by atoms with van der Waals surface area (Å²) in [6.45, 7) is -1.70. The zero-order chi connectivity index (χ0) is 19.9. The van der Waals surface area contributed by atoms with Crippen LogP contribution in [0.3, 0.4) is 0 Å². The maximum atomic E-state index is 12.6. The fraction of sp³-hybridized carbons (Fsp3) is 0.526. The third kappa shape index (κ3) is 3.98. The molecule has 1 amide bonds. The van der Waals surface area contributed by atoms with E-state index < -0.39 is 18.8 Å². The summed E-state index contributed by atoms with van der Waals surface area (Å²) in [5.41, 5.74) is 0.322. The molecule has 2 aromatic rings. The van der Waals surface area contributed by atoms with Crippen molar-refractivity contribution in [3.63, 3.8) is 0 Å². The zero-order valence-corrected chi connectivity index (χ0v) is 14.9. The lowest BCUT2D eigenvalue weighted by Gasteiger charge is -2.42. The summed E-state index contributed by atoms with van der Waals surface area (Å²) >= 11 is 0. The Morgan fingerprint density at radius 1 is 1.21 bits per heavy atom. The number of nitrogens with one attached hydrogen (secondary N) is 1. The van der Waals surface area contributed by atoms with Gasteiger partial charge in [-0.25, -0.2) is 4.79 Å². The Bertz CT molecular complexity index is 900. The van der Waals surface area contributed by atoms with Gasteiger partial charge in [0.15, 0.2) is 6.61 Å². The van der Waals surface area contributed by atoms with Crippen LogP contribution >= 0.6 is 0 Å². The zero-order valence-electron chi connectivity index (χ0n) is 14.9. The average molecular weight is 396 g/mol. The number of aromatic nitrogens is 1. The van der Waals surface area contributed by atoms with E-state index in [9.17, 15) is 22.8 Å². The van der Waals surface area contributed by atoms with E-state index in [0.717, 1.165) is 19.3 Å². The van der Waals surface area contributed by atoms with Gasteiger partial charge in [-0.2, -0.15) is 13.2 Å². The number of ether oxygens (including phenoxy) is 1. The van der Waals surface area contributed by atoms with Gasteiger partial charge in [0.2, 0.25) is 5.76 Å². The highest BCUT2D eigenvalue weighted by molar-refractivity contribution is 5.97. The van der Waals surface area contributed by atoms with Crippen LogP contribution in [0.4, 0.5) is 13.2 Å². The number of carbonyl (C=O) groups excluding carboxylic acids is 2. The number of hydrogen-bond donors (Lipinski definition) is 1. The van der Waals surface area contributed by atoms with Gasteiger partial charge in [-0.3, -0.25) is 9.78 Å². The second-order valence-corrected chi connectivity index (χ2v) is 7.51. The summed E-state index contributed by atoms with van der Waals surface area (Å²) in [6.07, 6.45) is 2.41. The molecule has 0 aromatic carbocycles. The topological polar surface area (TPSA) is 81.4 Å². The highest BCUT2D eigenvalue weighted by Crippen LogP contribution is 2.41. The van der Waals surface area contributed by atoms with Crippen molar-refractivity contribution in [3.8, 4) is 0 Å². The van der Waals surface area contributed by atoms with Crippen LogP contribution in [0, 0.1) is 11.8 Å². The molecule has 5 rings (SSSR count). The minimum absolute atomic E-state index is 0.138. The second kappa shape index (κ2) is 7.10. The fourth-order valence-electron chi connectivity index (χ4n) is 4.17. The summed E-state index contributed by atoms with van der Waals surface area (Å²) in [5, 5.41) is 3.43. The van der Waals surface area contributed by atoms with E-state index in [1.807, 2.05) is 0 Å². The number of carbonyl (C=O) groups is 2. The maximum Gasteiger partial charge on any atom is 0.422 e. The summed E-state index contributed by atoms with van der Waals surface area (Å²) < 4.78 is 45.9. The molecule has 6 nitrogen and oxygen atoms in total. The number of alkyl halides is 3. The minimum atomic E-state index is -4.62. The number of amides is 1. The molecule has 3 aliphatic rings. The van der Waals surface area contributed by atoms with E-state index in [4.69, 9.17) is 4.42 Å². The van der Waals surface area contributed by atoms with Crippen molar-refractivity contribution in [3.05, 3.63) is 29.8 Å².